The Morgan fingerprint density at radius 1 is 0.850 bits per heavy atom. The second kappa shape index (κ2) is 17.6. The van der Waals surface area contributed by atoms with Crippen molar-refractivity contribution in [2.75, 3.05) is 46.8 Å². The summed E-state index contributed by atoms with van der Waals surface area (Å²) >= 11 is 0. The van der Waals surface area contributed by atoms with Crippen LogP contribution in [-0.4, -0.2) is 63.9 Å². The quantitative estimate of drug-likeness (QED) is 0.195. The van der Waals surface area contributed by atoms with Gasteiger partial charge in [-0.05, 0) is 72.6 Å². The lowest BCUT2D eigenvalue weighted by atomic mass is 9.74. The lowest BCUT2D eigenvalue weighted by Crippen LogP contribution is -2.26. The minimum absolute atomic E-state index is 0.0938. The maximum atomic E-state index is 13.2. The molecule has 0 spiro atoms. The van der Waals surface area contributed by atoms with Gasteiger partial charge in [-0.2, -0.15) is 0 Å². The monoisotopic (exact) mass is 554 g/mol. The molecule has 0 aromatic heterocycles. The number of aliphatic hydroxyl groups is 1. The highest BCUT2D eigenvalue weighted by molar-refractivity contribution is 6.22. The van der Waals surface area contributed by atoms with E-state index in [1.54, 1.807) is 0 Å². The van der Waals surface area contributed by atoms with Gasteiger partial charge >= 0.3 is 0 Å². The summed E-state index contributed by atoms with van der Waals surface area (Å²) in [6, 6.07) is 14.2. The summed E-state index contributed by atoms with van der Waals surface area (Å²) in [6.45, 7) is 11.5. The molecule has 2 aromatic rings. The van der Waals surface area contributed by atoms with E-state index in [2.05, 4.69) is 32.0 Å². The first kappa shape index (κ1) is 33.2. The number of rotatable bonds is 16. The normalized spacial score (nSPS) is 14.4. The largest absolute Gasteiger partial charge is 0.497 e. The Kier molecular flexibility index (Phi) is 14.6. The molecule has 40 heavy (non-hydrogen) atoms. The average molecular weight is 555 g/mol. The summed E-state index contributed by atoms with van der Waals surface area (Å²) in [7, 11) is 1.00. The molecule has 0 saturated carbocycles. The van der Waals surface area contributed by atoms with Crippen LogP contribution in [0.5, 0.6) is 5.75 Å². The Labute approximate surface area is 239 Å². The predicted octanol–water partition coefficient (Wildman–Crippen LogP) is 6.19. The fourth-order valence-corrected chi connectivity index (χ4v) is 4.65. The van der Waals surface area contributed by atoms with E-state index in [-0.39, 0.29) is 11.2 Å². The van der Waals surface area contributed by atoms with Crippen LogP contribution in [0.15, 0.2) is 48.2 Å². The number of benzene rings is 2. The number of aliphatic hydroxyl groups excluding tert-OH is 1. The molecule has 0 atom stereocenters. The number of carbonyl (C=O) groups is 2. The van der Waals surface area contributed by atoms with Crippen molar-refractivity contribution in [2.45, 2.75) is 59.8 Å². The number of Topliss-reactive ketones (excluding diaryl/α,β-unsaturated/α-hetero) is 1. The van der Waals surface area contributed by atoms with Crippen LogP contribution >= 0.6 is 0 Å². The van der Waals surface area contributed by atoms with E-state index >= 15 is 0 Å². The molecule has 0 heterocycles. The van der Waals surface area contributed by atoms with Crippen LogP contribution < -0.4 is 4.74 Å². The van der Waals surface area contributed by atoms with Crippen molar-refractivity contribution in [3.63, 3.8) is 0 Å². The highest BCUT2D eigenvalue weighted by Gasteiger charge is 2.35. The molecule has 7 heteroatoms. The van der Waals surface area contributed by atoms with Crippen molar-refractivity contribution < 1.29 is 33.6 Å². The maximum absolute atomic E-state index is 13.2. The number of ketones is 1. The summed E-state index contributed by atoms with van der Waals surface area (Å²) in [5.74, 6) is 1.74. The van der Waals surface area contributed by atoms with Gasteiger partial charge in [0.1, 0.15) is 24.4 Å². The number of hydrogen-bond acceptors (Lipinski definition) is 7. The summed E-state index contributed by atoms with van der Waals surface area (Å²) in [6.07, 6.45) is 4.58. The second-order valence-electron chi connectivity index (χ2n) is 10.5. The van der Waals surface area contributed by atoms with E-state index in [0.29, 0.717) is 52.5 Å². The van der Waals surface area contributed by atoms with Gasteiger partial charge in [-0.25, -0.2) is 0 Å². The fraction of sp³-hybridized carbons (Fsp3) is 0.515. The van der Waals surface area contributed by atoms with E-state index in [9.17, 15) is 9.59 Å². The third-order valence-corrected chi connectivity index (χ3v) is 6.58. The van der Waals surface area contributed by atoms with Gasteiger partial charge in [-0.15, -0.1) is 0 Å². The number of aryl methyl sites for hydroxylation is 1. The molecule has 0 amide bonds. The van der Waals surface area contributed by atoms with Crippen LogP contribution in [0.2, 0.25) is 0 Å². The molecule has 1 aliphatic carbocycles. The molecular weight excluding hydrogens is 508 g/mol. The van der Waals surface area contributed by atoms with Gasteiger partial charge in [0.25, 0.3) is 0 Å². The number of hydrogen-bond donors (Lipinski definition) is 1. The third-order valence-electron chi connectivity index (χ3n) is 6.58. The van der Waals surface area contributed by atoms with Crippen LogP contribution in [0.25, 0.3) is 16.7 Å². The van der Waals surface area contributed by atoms with Crippen LogP contribution in [-0.2, 0) is 23.8 Å². The van der Waals surface area contributed by atoms with E-state index in [0.717, 1.165) is 72.0 Å². The van der Waals surface area contributed by atoms with Crippen molar-refractivity contribution >= 4 is 17.6 Å². The molecule has 3 rings (SSSR count). The Balaban J connectivity index is 0.00000274. The SMILES string of the molecule is CCOC1=C(c2cc(-c3ccc(OCCOCCOCCCCC=O)cc3)ccc2C)C(=O)CC(C)(C)C1.CO. The lowest BCUT2D eigenvalue weighted by Gasteiger charge is -2.32. The highest BCUT2D eigenvalue weighted by Crippen LogP contribution is 2.42. The molecule has 2 aromatic carbocycles. The summed E-state index contributed by atoms with van der Waals surface area (Å²) in [4.78, 5) is 23.5. The first-order valence-electron chi connectivity index (χ1n) is 14.1. The summed E-state index contributed by atoms with van der Waals surface area (Å²) < 4.78 is 22.8. The van der Waals surface area contributed by atoms with E-state index in [1.165, 1.54) is 0 Å². The fourth-order valence-electron chi connectivity index (χ4n) is 4.65. The Morgan fingerprint density at radius 2 is 1.50 bits per heavy atom. The van der Waals surface area contributed by atoms with Gasteiger partial charge in [-0.3, -0.25) is 4.79 Å². The Morgan fingerprint density at radius 3 is 2.17 bits per heavy atom. The molecular formula is C33H46O7. The van der Waals surface area contributed by atoms with E-state index < -0.39 is 0 Å². The summed E-state index contributed by atoms with van der Waals surface area (Å²) in [5.41, 5.74) is 4.76. The standard InChI is InChI=1S/C32H42O6.CH4O/c1-5-37-30-23-32(3,4)22-29(34)31(30)28-21-26(10-9-24(28)2)25-11-13-27(14-12-25)38-20-19-36-18-17-35-16-8-6-7-15-33;1-2/h9-15,21H,5-8,16-20,22-23H2,1-4H3;2H,1H3. The molecule has 0 saturated heterocycles. The zero-order chi connectivity index (χ0) is 29.4. The van der Waals surface area contributed by atoms with E-state index in [4.69, 9.17) is 24.1 Å². The second-order valence-corrected chi connectivity index (χ2v) is 10.5. The molecule has 220 valence electrons. The Bertz CT molecular complexity index is 1090. The molecule has 0 unspecified atom stereocenters. The minimum Gasteiger partial charge on any atom is -0.497 e. The molecule has 1 N–H and O–H groups in total. The van der Waals surface area contributed by atoms with Gasteiger partial charge in [-0.1, -0.05) is 38.1 Å². The van der Waals surface area contributed by atoms with Gasteiger partial charge in [0.05, 0.1) is 32.0 Å². The molecule has 0 radical (unpaired) electrons. The smallest absolute Gasteiger partial charge is 0.167 e. The minimum atomic E-state index is -0.0938. The van der Waals surface area contributed by atoms with Crippen molar-refractivity contribution in [1.82, 2.24) is 0 Å². The van der Waals surface area contributed by atoms with Crippen LogP contribution in [0.4, 0.5) is 0 Å². The maximum Gasteiger partial charge on any atom is 0.167 e. The third kappa shape index (κ3) is 10.5. The Hall–Kier alpha value is -3.00. The van der Waals surface area contributed by atoms with Crippen LogP contribution in [0.1, 0.15) is 64.0 Å². The number of aldehydes is 1. The van der Waals surface area contributed by atoms with Crippen molar-refractivity contribution in [3.05, 3.63) is 59.4 Å². The van der Waals surface area contributed by atoms with Gasteiger partial charge < -0.3 is 28.8 Å². The first-order chi connectivity index (χ1) is 19.3. The van der Waals surface area contributed by atoms with Crippen molar-refractivity contribution in [3.8, 4) is 16.9 Å². The first-order valence-corrected chi connectivity index (χ1v) is 14.1. The average Bonchev–Trinajstić information content (AvgIpc) is 2.93. The van der Waals surface area contributed by atoms with Crippen molar-refractivity contribution in [2.24, 2.45) is 5.41 Å². The zero-order valence-corrected chi connectivity index (χ0v) is 24.8. The van der Waals surface area contributed by atoms with Gasteiger partial charge in [0.15, 0.2) is 5.78 Å². The number of unbranched alkanes of at least 4 members (excludes halogenated alkanes) is 2. The summed E-state index contributed by atoms with van der Waals surface area (Å²) in [5, 5.41) is 7.00. The molecule has 0 bridgehead atoms. The zero-order valence-electron chi connectivity index (χ0n) is 24.8. The van der Waals surface area contributed by atoms with Crippen molar-refractivity contribution in [1.29, 1.82) is 0 Å². The molecule has 1 aliphatic rings. The van der Waals surface area contributed by atoms with Gasteiger partial charge in [0.2, 0.25) is 0 Å². The van der Waals surface area contributed by atoms with Crippen LogP contribution in [0, 0.1) is 12.3 Å². The van der Waals surface area contributed by atoms with Crippen LogP contribution in [0.3, 0.4) is 0 Å². The number of carbonyl (C=O) groups excluding carboxylic acids is 2. The molecule has 0 aliphatic heterocycles. The van der Waals surface area contributed by atoms with Gasteiger partial charge in [0, 0.05) is 33.0 Å². The molecule has 0 fully saturated rings. The predicted molar refractivity (Wildman–Crippen MR) is 158 cm³/mol. The lowest BCUT2D eigenvalue weighted by molar-refractivity contribution is -0.116. The number of ether oxygens (including phenoxy) is 4. The molecule has 7 nitrogen and oxygen atoms in total. The highest BCUT2D eigenvalue weighted by atomic mass is 16.5. The van der Waals surface area contributed by atoms with E-state index in [1.807, 2.05) is 38.1 Å². The topological polar surface area (TPSA) is 91.3 Å². The number of allylic oxidation sites excluding steroid dienone is 2.